The molecule has 4 heteroatoms. The van der Waals surface area contributed by atoms with E-state index in [0.717, 1.165) is 24.0 Å². The summed E-state index contributed by atoms with van der Waals surface area (Å²) in [4.78, 5) is 23.7. The molecule has 0 radical (unpaired) electrons. The Hall–Kier alpha value is -1.58. The number of hydrogen-bond acceptors (Lipinski definition) is 4. The van der Waals surface area contributed by atoms with Gasteiger partial charge < -0.3 is 9.47 Å². The van der Waals surface area contributed by atoms with Crippen molar-refractivity contribution in [1.29, 1.82) is 0 Å². The van der Waals surface area contributed by atoms with E-state index in [9.17, 15) is 9.59 Å². The summed E-state index contributed by atoms with van der Waals surface area (Å²) in [5, 5.41) is 0. The fourth-order valence-corrected chi connectivity index (χ4v) is 2.55. The highest BCUT2D eigenvalue weighted by Gasteiger charge is 2.40. The molecule has 106 valence electrons. The fourth-order valence-electron chi connectivity index (χ4n) is 2.55. The lowest BCUT2D eigenvalue weighted by Gasteiger charge is -2.32. The summed E-state index contributed by atoms with van der Waals surface area (Å²) in [6, 6.07) is 0. The van der Waals surface area contributed by atoms with Gasteiger partial charge in [0.05, 0.1) is 14.2 Å². The number of carbonyl (C=O) groups excluding carboxylic acids is 2. The molecule has 1 aliphatic carbocycles. The van der Waals surface area contributed by atoms with Gasteiger partial charge in [-0.05, 0) is 32.6 Å². The summed E-state index contributed by atoms with van der Waals surface area (Å²) in [7, 11) is 2.58. The summed E-state index contributed by atoms with van der Waals surface area (Å²) < 4.78 is 9.49. The van der Waals surface area contributed by atoms with Gasteiger partial charge in [0.15, 0.2) is 5.92 Å². The average molecular weight is 266 g/mol. The molecule has 1 rings (SSSR count). The highest BCUT2D eigenvalue weighted by Crippen LogP contribution is 2.37. The molecule has 0 aromatic carbocycles. The lowest BCUT2D eigenvalue weighted by atomic mass is 9.73. The summed E-state index contributed by atoms with van der Waals surface area (Å²) in [5.41, 5.74) is 2.11. The van der Waals surface area contributed by atoms with E-state index in [0.29, 0.717) is 5.92 Å². The number of ether oxygens (including phenoxy) is 2. The molecule has 0 aromatic rings. The van der Waals surface area contributed by atoms with Gasteiger partial charge in [-0.1, -0.05) is 23.8 Å². The number of methoxy groups -OCH3 is 2. The lowest BCUT2D eigenvalue weighted by molar-refractivity contribution is -0.161. The van der Waals surface area contributed by atoms with Crippen LogP contribution in [0, 0.1) is 17.8 Å². The van der Waals surface area contributed by atoms with E-state index >= 15 is 0 Å². The Labute approximate surface area is 114 Å². The predicted octanol–water partition coefficient (Wildman–Crippen LogP) is 2.50. The van der Waals surface area contributed by atoms with Crippen LogP contribution in [0.4, 0.5) is 0 Å². The van der Waals surface area contributed by atoms with Gasteiger partial charge in [0.1, 0.15) is 0 Å². The summed E-state index contributed by atoms with van der Waals surface area (Å²) >= 11 is 0. The van der Waals surface area contributed by atoms with Crippen LogP contribution >= 0.6 is 0 Å². The third kappa shape index (κ3) is 3.46. The van der Waals surface area contributed by atoms with Gasteiger partial charge in [-0.15, -0.1) is 0 Å². The van der Waals surface area contributed by atoms with Crippen molar-refractivity contribution < 1.29 is 19.1 Å². The van der Waals surface area contributed by atoms with Gasteiger partial charge in [0, 0.05) is 5.92 Å². The molecular formula is C15H22O4. The maximum Gasteiger partial charge on any atom is 0.320 e. The second-order valence-corrected chi connectivity index (χ2v) is 5.09. The Bertz CT molecular complexity index is 392. The van der Waals surface area contributed by atoms with E-state index in [1.165, 1.54) is 14.2 Å². The van der Waals surface area contributed by atoms with Crippen LogP contribution in [0.5, 0.6) is 0 Å². The molecule has 0 bridgehead atoms. The Morgan fingerprint density at radius 3 is 2.26 bits per heavy atom. The number of allylic oxidation sites excluding steroid dienone is 3. The zero-order valence-corrected chi connectivity index (χ0v) is 12.1. The Morgan fingerprint density at radius 2 is 1.84 bits per heavy atom. The Morgan fingerprint density at radius 1 is 1.32 bits per heavy atom. The van der Waals surface area contributed by atoms with E-state index in [2.05, 4.69) is 12.7 Å². The molecule has 0 amide bonds. The summed E-state index contributed by atoms with van der Waals surface area (Å²) in [6.07, 6.45) is 3.71. The van der Waals surface area contributed by atoms with Gasteiger partial charge in [-0.3, -0.25) is 9.59 Å². The molecule has 0 aliphatic heterocycles. The van der Waals surface area contributed by atoms with Crippen LogP contribution in [0.25, 0.3) is 0 Å². The molecule has 0 fully saturated rings. The maximum absolute atomic E-state index is 11.9. The Kier molecular flexibility index (Phi) is 5.33. The smallest absolute Gasteiger partial charge is 0.320 e. The third-order valence-corrected chi connectivity index (χ3v) is 3.86. The second kappa shape index (κ2) is 6.55. The molecule has 0 saturated heterocycles. The van der Waals surface area contributed by atoms with Crippen LogP contribution in [0.1, 0.15) is 26.7 Å². The summed E-state index contributed by atoms with van der Waals surface area (Å²) in [6.45, 7) is 7.88. The third-order valence-electron chi connectivity index (χ3n) is 3.86. The van der Waals surface area contributed by atoms with E-state index in [1.54, 1.807) is 0 Å². The summed E-state index contributed by atoms with van der Waals surface area (Å²) in [5.74, 6) is -1.83. The molecule has 0 heterocycles. The molecule has 4 nitrogen and oxygen atoms in total. The molecule has 0 spiro atoms. The van der Waals surface area contributed by atoms with Crippen LogP contribution < -0.4 is 0 Å². The second-order valence-electron chi connectivity index (χ2n) is 5.09. The standard InChI is InChI=1S/C15H22O4/c1-9(2)11-7-6-10(3)12(8-11)13(14(16)18-4)15(17)19-5/h6,11-13H,1,7-8H2,2-5H3/t11-,12+/m1/s1. The first-order chi connectivity index (χ1) is 8.92. The monoisotopic (exact) mass is 266 g/mol. The lowest BCUT2D eigenvalue weighted by Crippen LogP contribution is -2.36. The molecule has 0 aromatic heterocycles. The molecule has 0 unspecified atom stereocenters. The van der Waals surface area contributed by atoms with Crippen LogP contribution in [0.3, 0.4) is 0 Å². The van der Waals surface area contributed by atoms with Crippen LogP contribution in [-0.2, 0) is 19.1 Å². The van der Waals surface area contributed by atoms with E-state index in [-0.39, 0.29) is 5.92 Å². The van der Waals surface area contributed by atoms with Gasteiger partial charge in [0.2, 0.25) is 0 Å². The molecular weight excluding hydrogens is 244 g/mol. The largest absolute Gasteiger partial charge is 0.468 e. The molecule has 1 aliphatic rings. The quantitative estimate of drug-likeness (QED) is 0.445. The Balaban J connectivity index is 3.03. The molecule has 0 saturated carbocycles. The first-order valence-electron chi connectivity index (χ1n) is 6.40. The van der Waals surface area contributed by atoms with Crippen molar-refractivity contribution in [3.8, 4) is 0 Å². The normalized spacial score (nSPS) is 22.7. The number of esters is 2. The van der Waals surface area contributed by atoms with Gasteiger partial charge in [-0.25, -0.2) is 0 Å². The van der Waals surface area contributed by atoms with Crippen molar-refractivity contribution in [2.75, 3.05) is 14.2 Å². The first-order valence-corrected chi connectivity index (χ1v) is 6.40. The van der Waals surface area contributed by atoms with Crippen molar-refractivity contribution in [1.82, 2.24) is 0 Å². The minimum absolute atomic E-state index is 0.171. The van der Waals surface area contributed by atoms with Crippen LogP contribution in [0.2, 0.25) is 0 Å². The van der Waals surface area contributed by atoms with Crippen LogP contribution in [-0.4, -0.2) is 26.2 Å². The number of carbonyl (C=O) groups is 2. The van der Waals surface area contributed by atoms with Crippen molar-refractivity contribution in [2.45, 2.75) is 26.7 Å². The topological polar surface area (TPSA) is 52.6 Å². The van der Waals surface area contributed by atoms with E-state index in [1.807, 2.05) is 13.8 Å². The number of rotatable bonds is 4. The van der Waals surface area contributed by atoms with Crippen LogP contribution in [0.15, 0.2) is 23.8 Å². The first kappa shape index (κ1) is 15.5. The van der Waals surface area contributed by atoms with Crippen molar-refractivity contribution >= 4 is 11.9 Å². The van der Waals surface area contributed by atoms with Crippen molar-refractivity contribution in [3.05, 3.63) is 23.8 Å². The average Bonchev–Trinajstić information content (AvgIpc) is 2.40. The minimum atomic E-state index is -0.881. The predicted molar refractivity (Wildman–Crippen MR) is 72.3 cm³/mol. The van der Waals surface area contributed by atoms with E-state index < -0.39 is 17.9 Å². The molecule has 0 N–H and O–H groups in total. The molecule has 19 heavy (non-hydrogen) atoms. The highest BCUT2D eigenvalue weighted by atomic mass is 16.5. The maximum atomic E-state index is 11.9. The van der Waals surface area contributed by atoms with E-state index in [4.69, 9.17) is 9.47 Å². The SMILES string of the molecule is C=C(C)[C@@H]1CC=C(C)[C@@H](C(C(=O)OC)C(=O)OC)C1. The van der Waals surface area contributed by atoms with Crippen molar-refractivity contribution in [3.63, 3.8) is 0 Å². The van der Waals surface area contributed by atoms with Gasteiger partial charge in [-0.2, -0.15) is 0 Å². The fraction of sp³-hybridized carbons (Fsp3) is 0.600. The zero-order valence-electron chi connectivity index (χ0n) is 12.1. The van der Waals surface area contributed by atoms with Gasteiger partial charge in [0.25, 0.3) is 0 Å². The van der Waals surface area contributed by atoms with Crippen molar-refractivity contribution in [2.24, 2.45) is 17.8 Å². The number of hydrogen-bond donors (Lipinski definition) is 0. The molecule has 2 atom stereocenters. The van der Waals surface area contributed by atoms with Gasteiger partial charge >= 0.3 is 11.9 Å². The highest BCUT2D eigenvalue weighted by molar-refractivity contribution is 5.95. The minimum Gasteiger partial charge on any atom is -0.468 e. The zero-order chi connectivity index (χ0) is 14.6.